The molecular formula is C18H22N4O2. The molecule has 3 atom stereocenters. The molecule has 2 aliphatic rings. The molecule has 6 nitrogen and oxygen atoms in total. The van der Waals surface area contributed by atoms with Gasteiger partial charge in [0.05, 0.1) is 19.3 Å². The summed E-state index contributed by atoms with van der Waals surface area (Å²) in [5.74, 6) is 1.92. The van der Waals surface area contributed by atoms with Crippen LogP contribution in [-0.2, 0) is 16.1 Å². The minimum atomic E-state index is 0.305. The molecule has 0 aromatic carbocycles. The van der Waals surface area contributed by atoms with Gasteiger partial charge in [0.15, 0.2) is 0 Å². The summed E-state index contributed by atoms with van der Waals surface area (Å²) in [6.07, 6.45) is 8.53. The monoisotopic (exact) mass is 326 g/mol. The molecule has 4 rings (SSSR count). The van der Waals surface area contributed by atoms with Crippen molar-refractivity contribution in [3.8, 4) is 0 Å². The highest BCUT2D eigenvalue weighted by molar-refractivity contribution is 5.32. The molecule has 0 radical (unpaired) electrons. The van der Waals surface area contributed by atoms with Crippen LogP contribution in [-0.4, -0.2) is 47.4 Å². The number of ether oxygens (including phenoxy) is 2. The number of pyridine rings is 1. The van der Waals surface area contributed by atoms with Gasteiger partial charge in [-0.25, -0.2) is 9.97 Å². The molecule has 2 aliphatic heterocycles. The Hall–Kier alpha value is -2.05. The quantitative estimate of drug-likeness (QED) is 0.756. The predicted molar refractivity (Wildman–Crippen MR) is 89.5 cm³/mol. The lowest BCUT2D eigenvalue weighted by molar-refractivity contribution is 0.0940. The molecule has 24 heavy (non-hydrogen) atoms. The second kappa shape index (κ2) is 7.23. The number of hydrogen-bond donors (Lipinski definition) is 0. The summed E-state index contributed by atoms with van der Waals surface area (Å²) in [6, 6.07) is 5.83. The summed E-state index contributed by atoms with van der Waals surface area (Å²) >= 11 is 0. The number of fused-ring (bicyclic) bond motifs is 1. The Morgan fingerprint density at radius 3 is 2.79 bits per heavy atom. The highest BCUT2D eigenvalue weighted by atomic mass is 16.5. The first-order chi connectivity index (χ1) is 11.9. The van der Waals surface area contributed by atoms with E-state index in [4.69, 9.17) is 9.47 Å². The SMILES string of the molecule is c1cnc(N2C[C@H]3[C@@H](CCOCc4ccncc4)CO[C@H]3C2)nc1. The number of nitrogens with zero attached hydrogens (tertiary/aromatic N) is 4. The van der Waals surface area contributed by atoms with Gasteiger partial charge >= 0.3 is 0 Å². The van der Waals surface area contributed by atoms with Crippen molar-refractivity contribution in [1.29, 1.82) is 0 Å². The summed E-state index contributed by atoms with van der Waals surface area (Å²) < 4.78 is 11.8. The zero-order valence-electron chi connectivity index (χ0n) is 13.6. The largest absolute Gasteiger partial charge is 0.377 e. The van der Waals surface area contributed by atoms with E-state index < -0.39 is 0 Å². The van der Waals surface area contributed by atoms with E-state index in [-0.39, 0.29) is 0 Å². The highest BCUT2D eigenvalue weighted by Crippen LogP contribution is 2.36. The maximum absolute atomic E-state index is 6.00. The van der Waals surface area contributed by atoms with Crippen molar-refractivity contribution in [2.24, 2.45) is 11.8 Å². The summed E-state index contributed by atoms with van der Waals surface area (Å²) in [5.41, 5.74) is 1.17. The van der Waals surface area contributed by atoms with Gasteiger partial charge in [0, 0.05) is 50.4 Å². The van der Waals surface area contributed by atoms with E-state index in [1.807, 2.05) is 18.2 Å². The molecule has 2 aromatic rings. The summed E-state index contributed by atoms with van der Waals surface area (Å²) in [7, 11) is 0. The molecule has 0 aliphatic carbocycles. The van der Waals surface area contributed by atoms with Crippen LogP contribution in [0, 0.1) is 11.8 Å². The van der Waals surface area contributed by atoms with Crippen molar-refractivity contribution < 1.29 is 9.47 Å². The fourth-order valence-corrected chi connectivity index (χ4v) is 3.62. The van der Waals surface area contributed by atoms with E-state index in [0.29, 0.717) is 24.5 Å². The van der Waals surface area contributed by atoms with Crippen LogP contribution in [0.25, 0.3) is 0 Å². The maximum Gasteiger partial charge on any atom is 0.225 e. The van der Waals surface area contributed by atoms with E-state index in [1.165, 1.54) is 5.56 Å². The van der Waals surface area contributed by atoms with E-state index in [2.05, 4.69) is 19.9 Å². The van der Waals surface area contributed by atoms with E-state index in [1.54, 1.807) is 24.8 Å². The molecular weight excluding hydrogens is 304 g/mol. The third-order valence-corrected chi connectivity index (χ3v) is 4.93. The zero-order valence-corrected chi connectivity index (χ0v) is 13.6. The van der Waals surface area contributed by atoms with Crippen molar-refractivity contribution in [3.05, 3.63) is 48.5 Å². The lowest BCUT2D eigenvalue weighted by Gasteiger charge is -2.19. The fourth-order valence-electron chi connectivity index (χ4n) is 3.62. The normalized spacial score (nSPS) is 25.8. The summed E-state index contributed by atoms with van der Waals surface area (Å²) in [4.78, 5) is 15.0. The van der Waals surface area contributed by atoms with Gasteiger partial charge in [-0.3, -0.25) is 4.98 Å². The van der Waals surface area contributed by atoms with Crippen LogP contribution >= 0.6 is 0 Å². The Morgan fingerprint density at radius 2 is 1.96 bits per heavy atom. The molecule has 2 aromatic heterocycles. The van der Waals surface area contributed by atoms with Gasteiger partial charge in [0.2, 0.25) is 5.95 Å². The second-order valence-electron chi connectivity index (χ2n) is 6.45. The average Bonchev–Trinajstić information content (AvgIpc) is 3.22. The number of aromatic nitrogens is 3. The molecule has 0 unspecified atom stereocenters. The molecule has 0 N–H and O–H groups in total. The van der Waals surface area contributed by atoms with Gasteiger partial charge in [0.25, 0.3) is 0 Å². The van der Waals surface area contributed by atoms with Gasteiger partial charge in [-0.15, -0.1) is 0 Å². The molecule has 0 saturated carbocycles. The standard InChI is InChI=1S/C18H22N4O2/c1-5-20-18(21-6-1)22-10-16-15(13-24-17(16)11-22)4-9-23-12-14-2-7-19-8-3-14/h1-3,5-8,15-17H,4,9-13H2/t15-,16-,17-/m0/s1. The third-order valence-electron chi connectivity index (χ3n) is 4.93. The van der Waals surface area contributed by atoms with Gasteiger partial charge in [-0.2, -0.15) is 0 Å². The molecule has 0 bridgehead atoms. The van der Waals surface area contributed by atoms with E-state index >= 15 is 0 Å². The Kier molecular flexibility index (Phi) is 4.66. The Morgan fingerprint density at radius 1 is 1.12 bits per heavy atom. The van der Waals surface area contributed by atoms with Crippen LogP contribution in [0.4, 0.5) is 5.95 Å². The molecule has 126 valence electrons. The molecule has 2 saturated heterocycles. The van der Waals surface area contributed by atoms with Gasteiger partial charge in [-0.1, -0.05) is 0 Å². The molecule has 2 fully saturated rings. The average molecular weight is 326 g/mol. The Bertz CT molecular complexity index is 640. The fraction of sp³-hybridized carbons (Fsp3) is 0.500. The van der Waals surface area contributed by atoms with Gasteiger partial charge in [-0.05, 0) is 36.1 Å². The molecule has 0 spiro atoms. The second-order valence-corrected chi connectivity index (χ2v) is 6.45. The first-order valence-electron chi connectivity index (χ1n) is 8.50. The van der Waals surface area contributed by atoms with Crippen LogP contribution < -0.4 is 4.90 Å². The minimum Gasteiger partial charge on any atom is -0.377 e. The molecule has 0 amide bonds. The van der Waals surface area contributed by atoms with Crippen molar-refractivity contribution >= 4 is 5.95 Å². The third kappa shape index (κ3) is 3.39. The number of anilines is 1. The van der Waals surface area contributed by atoms with Crippen molar-refractivity contribution in [2.45, 2.75) is 19.1 Å². The van der Waals surface area contributed by atoms with Crippen LogP contribution in [0.1, 0.15) is 12.0 Å². The maximum atomic E-state index is 6.00. The highest BCUT2D eigenvalue weighted by Gasteiger charge is 2.44. The van der Waals surface area contributed by atoms with Crippen LogP contribution in [0.5, 0.6) is 0 Å². The van der Waals surface area contributed by atoms with Gasteiger partial charge < -0.3 is 14.4 Å². The Balaban J connectivity index is 1.26. The van der Waals surface area contributed by atoms with Crippen LogP contribution in [0.2, 0.25) is 0 Å². The van der Waals surface area contributed by atoms with Crippen molar-refractivity contribution in [1.82, 2.24) is 15.0 Å². The lowest BCUT2D eigenvalue weighted by atomic mass is 9.91. The zero-order chi connectivity index (χ0) is 16.2. The molecule has 4 heterocycles. The van der Waals surface area contributed by atoms with E-state index in [9.17, 15) is 0 Å². The smallest absolute Gasteiger partial charge is 0.225 e. The first kappa shape index (κ1) is 15.5. The summed E-state index contributed by atoms with van der Waals surface area (Å²) in [6.45, 7) is 4.12. The topological polar surface area (TPSA) is 60.4 Å². The van der Waals surface area contributed by atoms with Crippen LogP contribution in [0.15, 0.2) is 43.0 Å². The molecule has 6 heteroatoms. The number of hydrogen-bond acceptors (Lipinski definition) is 6. The van der Waals surface area contributed by atoms with Gasteiger partial charge in [0.1, 0.15) is 0 Å². The van der Waals surface area contributed by atoms with Crippen molar-refractivity contribution in [2.75, 3.05) is 31.2 Å². The first-order valence-corrected chi connectivity index (χ1v) is 8.50. The van der Waals surface area contributed by atoms with Crippen molar-refractivity contribution in [3.63, 3.8) is 0 Å². The minimum absolute atomic E-state index is 0.305. The Labute approximate surface area is 141 Å². The van der Waals surface area contributed by atoms with Crippen LogP contribution in [0.3, 0.4) is 0 Å². The summed E-state index contributed by atoms with van der Waals surface area (Å²) in [5, 5.41) is 0. The lowest BCUT2D eigenvalue weighted by Crippen LogP contribution is -2.26. The predicted octanol–water partition coefficient (Wildman–Crippen LogP) is 1.93. The number of rotatable bonds is 6. The van der Waals surface area contributed by atoms with E-state index in [0.717, 1.165) is 38.7 Å².